The number of amides is 4. The van der Waals surface area contributed by atoms with Gasteiger partial charge >= 0.3 is 6.03 Å². The first-order valence-electron chi connectivity index (χ1n) is 11.1. The molecule has 2 heterocycles. The molecule has 0 radical (unpaired) electrons. The predicted octanol–water partition coefficient (Wildman–Crippen LogP) is 4.55. The van der Waals surface area contributed by atoms with Crippen molar-refractivity contribution in [1.82, 2.24) is 14.8 Å². The fraction of sp³-hybridized carbons (Fsp3) is 0.222. The summed E-state index contributed by atoms with van der Waals surface area (Å²) in [6, 6.07) is 14.9. The molecule has 0 aliphatic carbocycles. The Bertz CT molecular complexity index is 1330. The van der Waals surface area contributed by atoms with E-state index in [4.69, 9.17) is 0 Å². The van der Waals surface area contributed by atoms with Crippen LogP contribution < -0.4 is 10.6 Å². The van der Waals surface area contributed by atoms with E-state index in [0.29, 0.717) is 5.69 Å². The van der Waals surface area contributed by atoms with E-state index in [1.54, 1.807) is 18.2 Å². The third kappa shape index (κ3) is 4.50. The van der Waals surface area contributed by atoms with Gasteiger partial charge in [-0.05, 0) is 76.1 Å². The molecule has 1 aliphatic heterocycles. The number of aromatic nitrogens is 1. The zero-order chi connectivity index (χ0) is 24.6. The molecule has 1 fully saturated rings. The minimum Gasteiger partial charge on any atom is -0.325 e. The smallest absolute Gasteiger partial charge is 0.325 e. The van der Waals surface area contributed by atoms with Gasteiger partial charge in [0.15, 0.2) is 0 Å². The number of aryl methyl sites for hydroxylation is 4. The number of nitrogens with zero attached hydrogens (tertiary/aromatic N) is 2. The summed E-state index contributed by atoms with van der Waals surface area (Å²) in [5.74, 6) is -0.970. The number of benzene rings is 2. The second-order valence-corrected chi connectivity index (χ2v) is 8.75. The van der Waals surface area contributed by atoms with Crippen molar-refractivity contribution < 1.29 is 14.4 Å². The van der Waals surface area contributed by atoms with Gasteiger partial charge in [-0.15, -0.1) is 0 Å². The van der Waals surface area contributed by atoms with E-state index >= 15 is 0 Å². The van der Waals surface area contributed by atoms with E-state index in [0.717, 1.165) is 38.7 Å². The number of imide groups is 1. The van der Waals surface area contributed by atoms with E-state index < -0.39 is 17.8 Å². The second kappa shape index (κ2) is 9.02. The normalized spacial score (nSPS) is 14.6. The number of carbonyl (C=O) groups excluding carboxylic acids is 3. The lowest BCUT2D eigenvalue weighted by Crippen LogP contribution is -2.38. The molecule has 0 spiro atoms. The van der Waals surface area contributed by atoms with Crippen LogP contribution in [-0.4, -0.2) is 33.9 Å². The third-order valence-electron chi connectivity index (χ3n) is 5.96. The maximum absolute atomic E-state index is 12.9. The number of carbonyl (C=O) groups is 3. The monoisotopic (exact) mass is 456 g/mol. The Kier molecular flexibility index (Phi) is 6.11. The Morgan fingerprint density at radius 2 is 1.62 bits per heavy atom. The number of rotatable bonds is 5. The van der Waals surface area contributed by atoms with Crippen molar-refractivity contribution in [2.75, 3.05) is 11.9 Å². The standard InChI is InChI=1S/C27H28N4O3/c1-16-6-9-22(10-7-16)28-25(32)15-30-26(33)23(29-27(30)34)14-21-13-19(4)31(20(21)5)24-11-8-17(2)12-18(24)3/h6-14H,15H2,1-5H3,(H,28,32)(H,29,34)/b23-14+. The fourth-order valence-corrected chi connectivity index (χ4v) is 4.21. The van der Waals surface area contributed by atoms with Crippen molar-refractivity contribution in [2.24, 2.45) is 0 Å². The van der Waals surface area contributed by atoms with Crippen molar-refractivity contribution in [1.29, 1.82) is 0 Å². The molecule has 0 bridgehead atoms. The average molecular weight is 457 g/mol. The Labute approximate surface area is 199 Å². The zero-order valence-electron chi connectivity index (χ0n) is 20.0. The molecule has 4 amide bonds. The van der Waals surface area contributed by atoms with Crippen LogP contribution >= 0.6 is 0 Å². The molecule has 7 heteroatoms. The predicted molar refractivity (Wildman–Crippen MR) is 133 cm³/mol. The van der Waals surface area contributed by atoms with Crippen LogP contribution in [0.5, 0.6) is 0 Å². The van der Waals surface area contributed by atoms with Gasteiger partial charge in [-0.2, -0.15) is 0 Å². The van der Waals surface area contributed by atoms with E-state index in [-0.39, 0.29) is 12.2 Å². The summed E-state index contributed by atoms with van der Waals surface area (Å²) in [4.78, 5) is 38.7. The number of urea groups is 1. The van der Waals surface area contributed by atoms with Crippen LogP contribution in [0.25, 0.3) is 11.8 Å². The van der Waals surface area contributed by atoms with Gasteiger partial charge < -0.3 is 15.2 Å². The summed E-state index contributed by atoms with van der Waals surface area (Å²) < 4.78 is 2.13. The lowest BCUT2D eigenvalue weighted by atomic mass is 10.1. The van der Waals surface area contributed by atoms with Gasteiger partial charge in [0.25, 0.3) is 5.91 Å². The molecule has 2 aromatic carbocycles. The highest BCUT2D eigenvalue weighted by molar-refractivity contribution is 6.16. The van der Waals surface area contributed by atoms with Crippen molar-refractivity contribution in [3.8, 4) is 5.69 Å². The summed E-state index contributed by atoms with van der Waals surface area (Å²) in [5.41, 5.74) is 8.03. The molecular formula is C27H28N4O3. The van der Waals surface area contributed by atoms with Gasteiger partial charge in [-0.25, -0.2) is 9.69 Å². The summed E-state index contributed by atoms with van der Waals surface area (Å²) in [6.07, 6.45) is 1.67. The number of hydrogen-bond donors (Lipinski definition) is 2. The van der Waals surface area contributed by atoms with Crippen LogP contribution in [0, 0.1) is 34.6 Å². The van der Waals surface area contributed by atoms with Crippen molar-refractivity contribution in [3.05, 3.63) is 87.9 Å². The maximum Gasteiger partial charge on any atom is 0.329 e. The molecule has 3 aromatic rings. The Hall–Kier alpha value is -4.13. The first-order chi connectivity index (χ1) is 16.1. The SMILES string of the molecule is Cc1ccc(NC(=O)CN2C(=O)N/C(=C/c3cc(C)n(-c4ccc(C)cc4C)c3C)C2=O)cc1. The number of anilines is 1. The number of hydrogen-bond acceptors (Lipinski definition) is 3. The molecule has 0 unspecified atom stereocenters. The highest BCUT2D eigenvalue weighted by Gasteiger charge is 2.35. The van der Waals surface area contributed by atoms with Crippen molar-refractivity contribution >= 4 is 29.6 Å². The van der Waals surface area contributed by atoms with Crippen LogP contribution in [0.4, 0.5) is 10.5 Å². The molecule has 1 saturated heterocycles. The van der Waals surface area contributed by atoms with E-state index in [1.165, 1.54) is 5.56 Å². The molecular weight excluding hydrogens is 428 g/mol. The lowest BCUT2D eigenvalue weighted by Gasteiger charge is -2.13. The van der Waals surface area contributed by atoms with Crippen molar-refractivity contribution in [2.45, 2.75) is 34.6 Å². The van der Waals surface area contributed by atoms with Gasteiger partial charge in [-0.1, -0.05) is 35.4 Å². The molecule has 0 saturated carbocycles. The summed E-state index contributed by atoms with van der Waals surface area (Å²) in [5, 5.41) is 5.32. The quantitative estimate of drug-likeness (QED) is 0.436. The van der Waals surface area contributed by atoms with Crippen LogP contribution in [-0.2, 0) is 9.59 Å². The second-order valence-electron chi connectivity index (χ2n) is 8.75. The molecule has 7 nitrogen and oxygen atoms in total. The van der Waals surface area contributed by atoms with E-state index in [2.05, 4.69) is 47.2 Å². The minimum atomic E-state index is -0.613. The molecule has 174 valence electrons. The lowest BCUT2D eigenvalue weighted by molar-refractivity contribution is -0.127. The van der Waals surface area contributed by atoms with Gasteiger partial charge in [0, 0.05) is 22.8 Å². The highest BCUT2D eigenvalue weighted by atomic mass is 16.2. The summed E-state index contributed by atoms with van der Waals surface area (Å²) in [6.45, 7) is 9.70. The molecule has 2 N–H and O–H groups in total. The van der Waals surface area contributed by atoms with E-state index in [9.17, 15) is 14.4 Å². The topological polar surface area (TPSA) is 83.4 Å². The van der Waals surface area contributed by atoms with Crippen LogP contribution in [0.2, 0.25) is 0 Å². The van der Waals surface area contributed by atoms with Gasteiger partial charge in [-0.3, -0.25) is 9.59 Å². The van der Waals surface area contributed by atoms with Crippen LogP contribution in [0.15, 0.2) is 54.2 Å². The fourth-order valence-electron chi connectivity index (χ4n) is 4.21. The van der Waals surface area contributed by atoms with Crippen molar-refractivity contribution in [3.63, 3.8) is 0 Å². The first kappa shape index (κ1) is 23.0. The molecule has 4 rings (SSSR count). The zero-order valence-corrected chi connectivity index (χ0v) is 20.0. The average Bonchev–Trinajstić information content (AvgIpc) is 3.19. The Morgan fingerprint density at radius 1 is 0.941 bits per heavy atom. The van der Waals surface area contributed by atoms with E-state index in [1.807, 2.05) is 39.0 Å². The van der Waals surface area contributed by atoms with Gasteiger partial charge in [0.05, 0.1) is 0 Å². The Morgan fingerprint density at radius 3 is 2.29 bits per heavy atom. The summed E-state index contributed by atoms with van der Waals surface area (Å²) >= 11 is 0. The molecule has 1 aromatic heterocycles. The Balaban J connectivity index is 1.54. The van der Waals surface area contributed by atoms with Gasteiger partial charge in [0.2, 0.25) is 5.91 Å². The third-order valence-corrected chi connectivity index (χ3v) is 5.96. The van der Waals surface area contributed by atoms with Crippen LogP contribution in [0.3, 0.4) is 0 Å². The largest absolute Gasteiger partial charge is 0.329 e. The first-order valence-corrected chi connectivity index (χ1v) is 11.1. The van der Waals surface area contributed by atoms with Gasteiger partial charge in [0.1, 0.15) is 12.2 Å². The summed E-state index contributed by atoms with van der Waals surface area (Å²) in [7, 11) is 0. The molecule has 0 atom stereocenters. The molecule has 34 heavy (non-hydrogen) atoms. The maximum atomic E-state index is 12.9. The minimum absolute atomic E-state index is 0.147. The van der Waals surface area contributed by atoms with Crippen LogP contribution in [0.1, 0.15) is 33.6 Å². The number of nitrogens with one attached hydrogen (secondary N) is 2. The molecule has 1 aliphatic rings. The highest BCUT2D eigenvalue weighted by Crippen LogP contribution is 2.26.